The van der Waals surface area contributed by atoms with Gasteiger partial charge in [-0.25, -0.2) is 13.8 Å². The van der Waals surface area contributed by atoms with E-state index in [1.54, 1.807) is 12.3 Å². The third-order valence-corrected chi connectivity index (χ3v) is 7.99. The highest BCUT2D eigenvalue weighted by Gasteiger charge is 2.34. The zero-order valence-electron chi connectivity index (χ0n) is 18.8. The van der Waals surface area contributed by atoms with Crippen molar-refractivity contribution in [1.82, 2.24) is 15.3 Å². The molecule has 0 radical (unpaired) electrons. The molecule has 2 bridgehead atoms. The lowest BCUT2D eigenvalue weighted by Gasteiger charge is -2.34. The molecular weight excluding hydrogens is 502 g/mol. The number of piperazine rings is 1. The van der Waals surface area contributed by atoms with E-state index >= 15 is 4.39 Å². The number of anilines is 1. The third kappa shape index (κ3) is 3.26. The molecule has 4 aromatic rings. The molecule has 34 heavy (non-hydrogen) atoms. The fourth-order valence-electron chi connectivity index (χ4n) is 5.47. The average Bonchev–Trinajstić information content (AvgIpc) is 3.15. The van der Waals surface area contributed by atoms with Gasteiger partial charge in [-0.2, -0.15) is 0 Å². The molecule has 8 heteroatoms. The van der Waals surface area contributed by atoms with E-state index in [0.29, 0.717) is 39.2 Å². The lowest BCUT2D eigenvalue weighted by Crippen LogP contribution is -2.51. The Hall–Kier alpha value is -2.84. The minimum absolute atomic E-state index is 0.0399. The molecule has 2 N–H and O–H groups in total. The molecule has 2 aliphatic heterocycles. The van der Waals surface area contributed by atoms with E-state index < -0.39 is 11.6 Å². The van der Waals surface area contributed by atoms with Crippen LogP contribution in [-0.4, -0.2) is 40.2 Å². The zero-order valence-corrected chi connectivity index (χ0v) is 20.4. The number of benzene rings is 2. The van der Waals surface area contributed by atoms with Gasteiger partial charge in [-0.05, 0) is 71.8 Å². The fourth-order valence-corrected chi connectivity index (χ4v) is 6.05. The smallest absolute Gasteiger partial charge is 0.157 e. The predicted molar refractivity (Wildman–Crippen MR) is 133 cm³/mol. The largest absolute Gasteiger partial charge is 0.508 e. The Morgan fingerprint density at radius 2 is 1.82 bits per heavy atom. The van der Waals surface area contributed by atoms with Gasteiger partial charge in [0.15, 0.2) is 5.82 Å². The van der Waals surface area contributed by atoms with E-state index in [4.69, 9.17) is 4.98 Å². The van der Waals surface area contributed by atoms with Crippen LogP contribution in [0.15, 0.2) is 34.9 Å². The molecule has 2 aliphatic rings. The van der Waals surface area contributed by atoms with Gasteiger partial charge >= 0.3 is 0 Å². The standard InChI is InChI=1S/C26H23BrF2N4O/c1-12-13(2)31-26(33-10-15-4-5-16(11-33)32-15)19-9-30-25(24(29)21(12)19)18-8-17(34)7-14-3-6-20(28)23(27)22(14)18/h3,6-9,15-16,32,34H,4-5,10-11H2,1-2H3. The number of rotatable bonds is 2. The molecule has 2 saturated heterocycles. The summed E-state index contributed by atoms with van der Waals surface area (Å²) in [4.78, 5) is 11.6. The van der Waals surface area contributed by atoms with Gasteiger partial charge in [0, 0.05) is 58.8 Å². The molecule has 2 atom stereocenters. The summed E-state index contributed by atoms with van der Waals surface area (Å²) in [5, 5.41) is 16.1. The molecule has 174 valence electrons. The summed E-state index contributed by atoms with van der Waals surface area (Å²) in [5.74, 6) is -0.250. The molecule has 4 heterocycles. The van der Waals surface area contributed by atoms with Crippen molar-refractivity contribution in [2.24, 2.45) is 0 Å². The first kappa shape index (κ1) is 21.7. The quantitative estimate of drug-likeness (QED) is 0.349. The molecule has 2 aromatic heterocycles. The maximum absolute atomic E-state index is 16.3. The van der Waals surface area contributed by atoms with Crippen LogP contribution in [0.1, 0.15) is 24.1 Å². The summed E-state index contributed by atoms with van der Waals surface area (Å²) in [6, 6.07) is 6.67. The molecule has 0 amide bonds. The molecule has 0 aliphatic carbocycles. The van der Waals surface area contributed by atoms with E-state index in [1.165, 1.54) is 18.2 Å². The number of hydrogen-bond donors (Lipinski definition) is 2. The number of phenols is 1. The number of nitrogens with zero attached hydrogens (tertiary/aromatic N) is 3. The molecule has 0 spiro atoms. The molecule has 2 unspecified atom stereocenters. The van der Waals surface area contributed by atoms with Crippen molar-refractivity contribution in [3.05, 3.63) is 57.8 Å². The normalized spacial score (nSPS) is 20.0. The lowest BCUT2D eigenvalue weighted by atomic mass is 9.97. The van der Waals surface area contributed by atoms with E-state index in [0.717, 1.165) is 43.0 Å². The van der Waals surface area contributed by atoms with Gasteiger partial charge in [0.25, 0.3) is 0 Å². The van der Waals surface area contributed by atoms with Crippen molar-refractivity contribution in [1.29, 1.82) is 0 Å². The average molecular weight is 525 g/mol. The second kappa shape index (κ2) is 7.85. The summed E-state index contributed by atoms with van der Waals surface area (Å²) < 4.78 is 30.9. The highest BCUT2D eigenvalue weighted by atomic mass is 79.9. The number of hydrogen-bond acceptors (Lipinski definition) is 5. The van der Waals surface area contributed by atoms with Crippen molar-refractivity contribution >= 4 is 43.3 Å². The molecule has 2 aromatic carbocycles. The fraction of sp³-hybridized carbons (Fsp3) is 0.308. The minimum atomic E-state index is -0.497. The lowest BCUT2D eigenvalue weighted by molar-refractivity contribution is 0.464. The summed E-state index contributed by atoms with van der Waals surface area (Å²) in [6.07, 6.45) is 3.93. The van der Waals surface area contributed by atoms with Crippen molar-refractivity contribution in [3.63, 3.8) is 0 Å². The Kier molecular flexibility index (Phi) is 5.00. The highest BCUT2D eigenvalue weighted by molar-refractivity contribution is 9.10. The molecular formula is C26H23BrF2N4O. The Balaban J connectivity index is 1.60. The topological polar surface area (TPSA) is 61.3 Å². The van der Waals surface area contributed by atoms with Crippen molar-refractivity contribution in [2.45, 2.75) is 38.8 Å². The van der Waals surface area contributed by atoms with E-state index in [9.17, 15) is 9.50 Å². The van der Waals surface area contributed by atoms with Gasteiger partial charge in [0.1, 0.15) is 23.1 Å². The van der Waals surface area contributed by atoms with Crippen LogP contribution in [0, 0.1) is 25.5 Å². The number of aromatic hydroxyl groups is 1. The van der Waals surface area contributed by atoms with Crippen LogP contribution in [-0.2, 0) is 0 Å². The number of aryl methyl sites for hydroxylation is 2. The Morgan fingerprint density at radius 1 is 1.09 bits per heavy atom. The maximum atomic E-state index is 16.3. The first-order valence-electron chi connectivity index (χ1n) is 11.4. The van der Waals surface area contributed by atoms with Gasteiger partial charge in [-0.15, -0.1) is 0 Å². The summed E-state index contributed by atoms with van der Waals surface area (Å²) in [6.45, 7) is 5.41. The summed E-state index contributed by atoms with van der Waals surface area (Å²) in [7, 11) is 0. The predicted octanol–water partition coefficient (Wildman–Crippen LogP) is 5.75. The van der Waals surface area contributed by atoms with Crippen molar-refractivity contribution < 1.29 is 13.9 Å². The van der Waals surface area contributed by atoms with Crippen LogP contribution >= 0.6 is 15.9 Å². The first-order chi connectivity index (χ1) is 16.3. The number of pyridine rings is 2. The van der Waals surface area contributed by atoms with Gasteiger partial charge in [-0.1, -0.05) is 6.07 Å². The summed E-state index contributed by atoms with van der Waals surface area (Å²) >= 11 is 3.31. The Labute approximate surface area is 204 Å². The molecule has 5 nitrogen and oxygen atoms in total. The van der Waals surface area contributed by atoms with Gasteiger partial charge < -0.3 is 15.3 Å². The van der Waals surface area contributed by atoms with E-state index in [2.05, 4.69) is 31.1 Å². The molecule has 6 rings (SSSR count). The number of nitrogens with one attached hydrogen (secondary N) is 1. The van der Waals surface area contributed by atoms with Crippen LogP contribution < -0.4 is 10.2 Å². The number of phenolic OH excluding ortho intramolecular Hbond substituents is 1. The molecule has 0 saturated carbocycles. The zero-order chi connectivity index (χ0) is 23.7. The number of fused-ring (bicyclic) bond motifs is 4. The Morgan fingerprint density at radius 3 is 2.56 bits per heavy atom. The van der Waals surface area contributed by atoms with Crippen LogP contribution in [0.5, 0.6) is 5.75 Å². The highest BCUT2D eigenvalue weighted by Crippen LogP contribution is 2.41. The van der Waals surface area contributed by atoms with Gasteiger partial charge in [0.05, 0.1) is 4.47 Å². The van der Waals surface area contributed by atoms with Crippen LogP contribution in [0.3, 0.4) is 0 Å². The van der Waals surface area contributed by atoms with Crippen LogP contribution in [0.2, 0.25) is 0 Å². The van der Waals surface area contributed by atoms with Crippen molar-refractivity contribution in [3.8, 4) is 17.0 Å². The summed E-state index contributed by atoms with van der Waals surface area (Å²) in [5.41, 5.74) is 1.90. The van der Waals surface area contributed by atoms with E-state index in [1.807, 2.05) is 13.8 Å². The SMILES string of the molecule is Cc1nc(N2CC3CCC(C2)N3)c2cnc(-c3cc(O)cc4ccc(F)c(Br)c34)c(F)c2c1C. The third-order valence-electron chi connectivity index (χ3n) is 7.21. The minimum Gasteiger partial charge on any atom is -0.508 e. The Bertz CT molecular complexity index is 1480. The molecule has 2 fully saturated rings. The number of aromatic nitrogens is 2. The van der Waals surface area contributed by atoms with Crippen molar-refractivity contribution in [2.75, 3.05) is 18.0 Å². The number of halogens is 3. The van der Waals surface area contributed by atoms with Crippen LogP contribution in [0.25, 0.3) is 32.8 Å². The van der Waals surface area contributed by atoms with Crippen LogP contribution in [0.4, 0.5) is 14.6 Å². The monoisotopic (exact) mass is 524 g/mol. The van der Waals surface area contributed by atoms with Gasteiger partial charge in [-0.3, -0.25) is 4.98 Å². The van der Waals surface area contributed by atoms with Gasteiger partial charge in [0.2, 0.25) is 0 Å². The second-order valence-corrected chi connectivity index (χ2v) is 10.1. The van der Waals surface area contributed by atoms with E-state index in [-0.39, 0.29) is 15.9 Å². The maximum Gasteiger partial charge on any atom is 0.157 e. The first-order valence-corrected chi connectivity index (χ1v) is 12.2. The second-order valence-electron chi connectivity index (χ2n) is 9.35.